The highest BCUT2D eigenvalue weighted by Gasteiger charge is 2.18. The van der Waals surface area contributed by atoms with Gasteiger partial charge in [-0.05, 0) is 88.9 Å². The van der Waals surface area contributed by atoms with Gasteiger partial charge in [0.2, 0.25) is 0 Å². The van der Waals surface area contributed by atoms with Crippen molar-refractivity contribution >= 4 is 75.7 Å². The lowest BCUT2D eigenvalue weighted by Gasteiger charge is -2.18. The first kappa shape index (κ1) is 24.5. The molecule has 9 aromatic carbocycles. The monoisotopic (exact) mass is 569 g/mol. The van der Waals surface area contributed by atoms with Crippen LogP contribution in [0.25, 0.3) is 97.9 Å². The SMILES string of the molecule is c1ccc2c(c1)ccc1cc(-c3c4ccccc4c(-c4ccc5[nH]c6c7ccccc7ccc6c5c4)c4ccccc34)ccc12. The van der Waals surface area contributed by atoms with E-state index in [4.69, 9.17) is 0 Å². The van der Waals surface area contributed by atoms with Crippen molar-refractivity contribution in [1.82, 2.24) is 4.98 Å². The van der Waals surface area contributed by atoms with Crippen molar-refractivity contribution in [3.05, 3.63) is 158 Å². The Hall–Kier alpha value is -5.92. The van der Waals surface area contributed by atoms with Crippen LogP contribution in [-0.4, -0.2) is 4.98 Å². The van der Waals surface area contributed by atoms with Gasteiger partial charge in [-0.1, -0.05) is 140 Å². The topological polar surface area (TPSA) is 15.8 Å². The molecule has 0 bridgehead atoms. The first-order valence-corrected chi connectivity index (χ1v) is 15.6. The van der Waals surface area contributed by atoms with Crippen LogP contribution in [0.15, 0.2) is 158 Å². The van der Waals surface area contributed by atoms with E-state index in [0.717, 1.165) is 0 Å². The average molecular weight is 570 g/mol. The highest BCUT2D eigenvalue weighted by atomic mass is 14.7. The number of aromatic nitrogens is 1. The van der Waals surface area contributed by atoms with E-state index in [1.54, 1.807) is 0 Å². The fourth-order valence-electron chi connectivity index (χ4n) is 7.72. The summed E-state index contributed by atoms with van der Waals surface area (Å²) in [6, 6.07) is 58.1. The zero-order valence-corrected chi connectivity index (χ0v) is 24.5. The average Bonchev–Trinajstić information content (AvgIpc) is 3.49. The largest absolute Gasteiger partial charge is 0.354 e. The van der Waals surface area contributed by atoms with Crippen LogP contribution >= 0.6 is 0 Å². The summed E-state index contributed by atoms with van der Waals surface area (Å²) in [5.74, 6) is 0. The minimum absolute atomic E-state index is 1.17. The quantitative estimate of drug-likeness (QED) is 0.157. The smallest absolute Gasteiger partial charge is 0.0544 e. The third-order valence-electron chi connectivity index (χ3n) is 9.75. The second-order valence-electron chi connectivity index (χ2n) is 12.2. The molecule has 0 saturated carbocycles. The third kappa shape index (κ3) is 3.56. The van der Waals surface area contributed by atoms with Gasteiger partial charge in [-0.25, -0.2) is 0 Å². The molecular weight excluding hydrogens is 542 g/mol. The summed E-state index contributed by atoms with van der Waals surface area (Å²) in [6.45, 7) is 0. The molecule has 45 heavy (non-hydrogen) atoms. The summed E-state index contributed by atoms with van der Waals surface area (Å²) >= 11 is 0. The van der Waals surface area contributed by atoms with Crippen LogP contribution in [0.4, 0.5) is 0 Å². The number of hydrogen-bond acceptors (Lipinski definition) is 0. The Morgan fingerprint density at radius 2 is 0.756 bits per heavy atom. The highest BCUT2D eigenvalue weighted by molar-refractivity contribution is 6.23. The number of H-pyrrole nitrogens is 1. The Morgan fingerprint density at radius 3 is 1.44 bits per heavy atom. The minimum atomic E-state index is 1.17. The third-order valence-corrected chi connectivity index (χ3v) is 9.75. The minimum Gasteiger partial charge on any atom is -0.354 e. The summed E-state index contributed by atoms with van der Waals surface area (Å²) in [5.41, 5.74) is 7.43. The molecule has 1 nitrogen and oxygen atoms in total. The van der Waals surface area contributed by atoms with Crippen LogP contribution in [-0.2, 0) is 0 Å². The van der Waals surface area contributed by atoms with Crippen molar-refractivity contribution in [3.8, 4) is 22.3 Å². The van der Waals surface area contributed by atoms with Gasteiger partial charge in [0.25, 0.3) is 0 Å². The van der Waals surface area contributed by atoms with Crippen molar-refractivity contribution in [1.29, 1.82) is 0 Å². The number of aromatic amines is 1. The fourth-order valence-corrected chi connectivity index (χ4v) is 7.72. The van der Waals surface area contributed by atoms with Gasteiger partial charge < -0.3 is 4.98 Å². The molecule has 0 aliphatic rings. The van der Waals surface area contributed by atoms with Crippen LogP contribution in [0.3, 0.4) is 0 Å². The normalized spacial score (nSPS) is 12.0. The van der Waals surface area contributed by atoms with Crippen molar-refractivity contribution in [3.63, 3.8) is 0 Å². The Morgan fingerprint density at radius 1 is 0.289 bits per heavy atom. The van der Waals surface area contributed by atoms with Gasteiger partial charge >= 0.3 is 0 Å². The molecule has 0 radical (unpaired) electrons. The summed E-state index contributed by atoms with van der Waals surface area (Å²) < 4.78 is 0. The predicted octanol–water partition coefficient (Wildman–Crippen LogP) is 12.4. The lowest BCUT2D eigenvalue weighted by Crippen LogP contribution is -1.91. The molecule has 208 valence electrons. The van der Waals surface area contributed by atoms with Gasteiger partial charge in [-0.2, -0.15) is 0 Å². The lowest BCUT2D eigenvalue weighted by molar-refractivity contribution is 1.56. The van der Waals surface area contributed by atoms with Crippen LogP contribution in [0.1, 0.15) is 0 Å². The first-order chi connectivity index (χ1) is 22.3. The standard InChI is InChI=1S/C44H27N/c1-3-11-32-27(9-1)17-18-29-25-30(20-22-33(29)32)42-35-13-5-7-15-37(35)43(38-16-8-6-14-36(38)42)31-21-24-41-40(26-31)39-23-19-28-10-2-4-12-34(28)44(39)45-41/h1-26,45H. The van der Waals surface area contributed by atoms with Gasteiger partial charge in [0.15, 0.2) is 0 Å². The maximum atomic E-state index is 3.73. The second kappa shape index (κ2) is 9.29. The van der Waals surface area contributed by atoms with E-state index in [2.05, 4.69) is 163 Å². The fraction of sp³-hybridized carbons (Fsp3) is 0. The molecule has 1 heterocycles. The van der Waals surface area contributed by atoms with E-state index in [9.17, 15) is 0 Å². The summed E-state index contributed by atoms with van der Waals surface area (Å²) in [5, 5.41) is 15.3. The predicted molar refractivity (Wildman–Crippen MR) is 194 cm³/mol. The van der Waals surface area contributed by atoms with Crippen LogP contribution in [0.2, 0.25) is 0 Å². The summed E-state index contributed by atoms with van der Waals surface area (Å²) in [4.78, 5) is 3.73. The molecule has 0 atom stereocenters. The highest BCUT2D eigenvalue weighted by Crippen LogP contribution is 2.45. The van der Waals surface area contributed by atoms with Crippen LogP contribution in [0, 0.1) is 0 Å². The molecule has 10 rings (SSSR count). The van der Waals surface area contributed by atoms with Crippen LogP contribution < -0.4 is 0 Å². The lowest BCUT2D eigenvalue weighted by atomic mass is 9.85. The van der Waals surface area contributed by atoms with E-state index < -0.39 is 0 Å². The molecule has 0 spiro atoms. The number of nitrogens with one attached hydrogen (secondary N) is 1. The Labute approximate surface area is 260 Å². The van der Waals surface area contributed by atoms with Gasteiger partial charge in [0.05, 0.1) is 5.52 Å². The zero-order valence-electron chi connectivity index (χ0n) is 24.5. The number of fused-ring (bicyclic) bond motifs is 10. The maximum Gasteiger partial charge on any atom is 0.0544 e. The molecule has 0 amide bonds. The maximum absolute atomic E-state index is 3.73. The van der Waals surface area contributed by atoms with Crippen LogP contribution in [0.5, 0.6) is 0 Å². The van der Waals surface area contributed by atoms with E-state index in [1.807, 2.05) is 0 Å². The van der Waals surface area contributed by atoms with E-state index in [1.165, 1.54) is 97.9 Å². The summed E-state index contributed by atoms with van der Waals surface area (Å²) in [7, 11) is 0. The Kier molecular flexibility index (Phi) is 5.06. The second-order valence-corrected chi connectivity index (χ2v) is 12.2. The zero-order chi connectivity index (χ0) is 29.5. The van der Waals surface area contributed by atoms with Crippen molar-refractivity contribution < 1.29 is 0 Å². The molecule has 0 saturated heterocycles. The molecule has 0 aliphatic carbocycles. The summed E-state index contributed by atoms with van der Waals surface area (Å²) in [6.07, 6.45) is 0. The van der Waals surface area contributed by atoms with Gasteiger partial charge in [0.1, 0.15) is 0 Å². The van der Waals surface area contributed by atoms with Crippen molar-refractivity contribution in [2.75, 3.05) is 0 Å². The van der Waals surface area contributed by atoms with E-state index >= 15 is 0 Å². The molecule has 0 aliphatic heterocycles. The molecule has 1 aromatic heterocycles. The molecule has 1 N–H and O–H groups in total. The molecule has 1 heteroatoms. The molecule has 0 fully saturated rings. The van der Waals surface area contributed by atoms with Gasteiger partial charge in [-0.3, -0.25) is 0 Å². The Balaban J connectivity index is 1.25. The van der Waals surface area contributed by atoms with Crippen molar-refractivity contribution in [2.45, 2.75) is 0 Å². The number of rotatable bonds is 2. The first-order valence-electron chi connectivity index (χ1n) is 15.6. The molecule has 0 unspecified atom stereocenters. The van der Waals surface area contributed by atoms with Crippen molar-refractivity contribution in [2.24, 2.45) is 0 Å². The van der Waals surface area contributed by atoms with Gasteiger partial charge in [0, 0.05) is 21.7 Å². The number of benzene rings is 9. The van der Waals surface area contributed by atoms with E-state index in [-0.39, 0.29) is 0 Å². The molecular formula is C44H27N. The number of hydrogen-bond donors (Lipinski definition) is 1. The van der Waals surface area contributed by atoms with E-state index in [0.29, 0.717) is 0 Å². The Bertz CT molecular complexity index is 2760. The molecule has 10 aromatic rings. The van der Waals surface area contributed by atoms with Gasteiger partial charge in [-0.15, -0.1) is 0 Å².